The van der Waals surface area contributed by atoms with Crippen molar-refractivity contribution >= 4 is 92.4 Å². The first kappa shape index (κ1) is 87.6. The van der Waals surface area contributed by atoms with E-state index in [1.165, 1.54) is 16.7 Å². The van der Waals surface area contributed by atoms with Crippen LogP contribution in [-0.4, -0.2) is 63.7 Å². The van der Waals surface area contributed by atoms with Crippen LogP contribution in [0.3, 0.4) is 0 Å². The maximum absolute atomic E-state index is 13.4. The molecule has 10 nitrogen and oxygen atoms in total. The van der Waals surface area contributed by atoms with Gasteiger partial charge in [-0.25, -0.2) is 0 Å². The highest BCUT2D eigenvalue weighted by Gasteiger charge is 2.29. The minimum absolute atomic E-state index is 0.00215. The van der Waals surface area contributed by atoms with Gasteiger partial charge >= 0.3 is 5.97 Å². The van der Waals surface area contributed by atoms with Crippen molar-refractivity contribution in [1.82, 2.24) is 9.80 Å². The summed E-state index contributed by atoms with van der Waals surface area (Å²) in [6, 6.07) is 106. The predicted octanol–water partition coefficient (Wildman–Crippen LogP) is 26.0. The van der Waals surface area contributed by atoms with Gasteiger partial charge in [-0.05, 0) is 190 Å². The molecule has 584 valence electrons. The van der Waals surface area contributed by atoms with Crippen molar-refractivity contribution in [2.24, 2.45) is 0 Å². The summed E-state index contributed by atoms with van der Waals surface area (Å²) in [7, 11) is 2.19. The van der Waals surface area contributed by atoms with Crippen LogP contribution < -0.4 is 18.9 Å². The molecule has 1 N–H and O–H groups in total. The first-order chi connectivity index (χ1) is 54.7. The van der Waals surface area contributed by atoms with E-state index in [1.807, 2.05) is 217 Å². The number of ether oxygens (including phenoxy) is 4. The molecule has 12 aromatic rings. The molecule has 1 amide bonds. The summed E-state index contributed by atoms with van der Waals surface area (Å²) in [4.78, 5) is 41.0. The fourth-order valence-corrected chi connectivity index (χ4v) is 15.1. The minimum Gasteiger partial charge on any atom is -0.489 e. The molecule has 113 heavy (non-hydrogen) atoms. The molecule has 0 aliphatic carbocycles. The van der Waals surface area contributed by atoms with Gasteiger partial charge in [0.2, 0.25) is 11.1 Å². The number of aliphatic carboxylic acids is 1. The monoisotopic (exact) mass is 1780 g/mol. The number of rotatable bonds is 32. The third-order valence-corrected chi connectivity index (χ3v) is 21.4. The van der Waals surface area contributed by atoms with E-state index >= 15 is 0 Å². The van der Waals surface area contributed by atoms with E-state index in [0.29, 0.717) is 44.6 Å². The molecular formula is C98H99Br4ClN2O8. The number of nitrogens with zero attached hydrogens (tertiary/aromatic N) is 2. The van der Waals surface area contributed by atoms with Crippen molar-refractivity contribution in [3.8, 4) is 23.0 Å². The molecule has 12 aromatic carbocycles. The number of carbonyl (C=O) groups excluding carboxylic acids is 2. The van der Waals surface area contributed by atoms with Gasteiger partial charge < -0.3 is 33.9 Å². The first-order valence-electron chi connectivity index (χ1n) is 38.1. The van der Waals surface area contributed by atoms with Crippen LogP contribution in [0.4, 0.5) is 0 Å². The molecule has 0 saturated carbocycles. The van der Waals surface area contributed by atoms with E-state index < -0.39 is 5.97 Å². The van der Waals surface area contributed by atoms with E-state index in [1.54, 1.807) is 0 Å². The van der Waals surface area contributed by atoms with Gasteiger partial charge in [-0.3, -0.25) is 14.4 Å². The Morgan fingerprint density at radius 3 is 0.841 bits per heavy atom. The highest BCUT2D eigenvalue weighted by molar-refractivity contribution is 9.11. The molecule has 4 atom stereocenters. The van der Waals surface area contributed by atoms with Crippen molar-refractivity contribution in [2.45, 2.75) is 135 Å². The summed E-state index contributed by atoms with van der Waals surface area (Å²) in [6.45, 7) is 15.8. The van der Waals surface area contributed by atoms with Gasteiger partial charge in [0.1, 0.15) is 49.4 Å². The second-order valence-corrected chi connectivity index (χ2v) is 32.5. The molecular weight excluding hydrogens is 1690 g/mol. The summed E-state index contributed by atoms with van der Waals surface area (Å²) >= 11 is 20.1. The third-order valence-electron chi connectivity index (χ3n) is 19.3. The van der Waals surface area contributed by atoms with Crippen molar-refractivity contribution in [3.63, 3.8) is 0 Å². The summed E-state index contributed by atoms with van der Waals surface area (Å²) in [5, 5.41) is 9.05. The summed E-state index contributed by atoms with van der Waals surface area (Å²) in [5.74, 6) is 2.26. The molecule has 0 heterocycles. The highest BCUT2D eigenvalue weighted by atomic mass is 79.9. The Morgan fingerprint density at radius 1 is 0.336 bits per heavy atom. The van der Waals surface area contributed by atoms with Gasteiger partial charge in [0, 0.05) is 94.8 Å². The maximum Gasteiger partial charge on any atom is 0.304 e. The van der Waals surface area contributed by atoms with Crippen molar-refractivity contribution in [1.29, 1.82) is 0 Å². The van der Waals surface area contributed by atoms with E-state index in [9.17, 15) is 19.5 Å². The van der Waals surface area contributed by atoms with Gasteiger partial charge in [-0.1, -0.05) is 306 Å². The molecule has 4 unspecified atom stereocenters. The zero-order valence-corrected chi connectivity index (χ0v) is 72.1. The fraction of sp³-hybridized carbons (Fsp3) is 0.235. The standard InChI is InChI=1S/C28H32BrNO2.C26H30BrNO.C22H18BrClO2.C22H19BrO3/c1-20(2)30(21(3)4)28(31)18-25(23-13-9-6-10-14-23)26-17-24(29)15-16-27(26)32-19-22-11-7-5-8-12-22;1-20(2)28(3)17-16-24(22-12-8-5-9-13-22)25-18-23(27)14-15-26(25)29-19-21-10-6-4-7-11-21;2*23-18-11-12-21(26-15-16-7-3-1-4-8-16)20(13-18)19(14-22(24)25)17-9-5-2-6-10-17/h5-17,20-21,25H,18-19H2,1-4H3;4-15,18,20,24H,16-17,19H2,1-3H3;1-13,19H,14-15H2;1-13,19H,14-15H2,(H,24,25). The molecule has 0 aliphatic heterocycles. The van der Waals surface area contributed by atoms with Gasteiger partial charge in [0.05, 0.1) is 6.42 Å². The Morgan fingerprint density at radius 2 is 0.584 bits per heavy atom. The van der Waals surface area contributed by atoms with Gasteiger partial charge in [0.15, 0.2) is 0 Å². The first-order valence-corrected chi connectivity index (χ1v) is 41.7. The van der Waals surface area contributed by atoms with Crippen LogP contribution in [0, 0.1) is 0 Å². The Labute approximate surface area is 707 Å². The second kappa shape index (κ2) is 46.1. The van der Waals surface area contributed by atoms with Crippen LogP contribution in [0.2, 0.25) is 0 Å². The van der Waals surface area contributed by atoms with Gasteiger partial charge in [-0.15, -0.1) is 0 Å². The van der Waals surface area contributed by atoms with E-state index in [4.69, 9.17) is 30.5 Å². The average Bonchev–Trinajstić information content (AvgIpc) is 0.824. The number of carboxylic acid groups (broad SMARTS) is 1. The summed E-state index contributed by atoms with van der Waals surface area (Å²) in [5.41, 5.74) is 12.9. The lowest BCUT2D eigenvalue weighted by Crippen LogP contribution is -2.42. The molecule has 0 fully saturated rings. The normalized spacial score (nSPS) is 12.0. The summed E-state index contributed by atoms with van der Waals surface area (Å²) < 4.78 is 28.6. The molecule has 0 radical (unpaired) electrons. The number of hydrogen-bond acceptors (Lipinski definition) is 8. The minimum atomic E-state index is -0.840. The number of carboxylic acids is 1. The molecule has 12 rings (SSSR count). The summed E-state index contributed by atoms with van der Waals surface area (Å²) in [6.07, 6.45) is 1.64. The number of hydrogen-bond donors (Lipinski definition) is 1. The second-order valence-electron chi connectivity index (χ2n) is 28.4. The molecule has 0 aliphatic rings. The van der Waals surface area contributed by atoms with E-state index in [-0.39, 0.29) is 59.7 Å². The van der Waals surface area contributed by atoms with E-state index in [2.05, 4.69) is 220 Å². The lowest BCUT2D eigenvalue weighted by molar-refractivity contribution is -0.137. The van der Waals surface area contributed by atoms with Crippen LogP contribution >= 0.6 is 75.3 Å². The Balaban J connectivity index is 0.000000173. The lowest BCUT2D eigenvalue weighted by Gasteiger charge is -2.32. The molecule has 0 spiro atoms. The Kier molecular flexibility index (Phi) is 35.7. The Bertz CT molecular complexity index is 4690. The zero-order chi connectivity index (χ0) is 80.4. The topological polar surface area (TPSA) is 115 Å². The number of benzene rings is 12. The number of amides is 1. The largest absolute Gasteiger partial charge is 0.489 e. The average molecular weight is 1790 g/mol. The smallest absolute Gasteiger partial charge is 0.304 e. The van der Waals surface area contributed by atoms with Crippen LogP contribution in [0.1, 0.15) is 158 Å². The fourth-order valence-electron chi connectivity index (χ4n) is 13.5. The highest BCUT2D eigenvalue weighted by Crippen LogP contribution is 2.42. The maximum atomic E-state index is 13.4. The van der Waals surface area contributed by atoms with Gasteiger partial charge in [0.25, 0.3) is 0 Å². The predicted molar refractivity (Wildman–Crippen MR) is 475 cm³/mol. The number of carbonyl (C=O) groups is 3. The van der Waals surface area contributed by atoms with Crippen LogP contribution in [0.25, 0.3) is 0 Å². The van der Waals surface area contributed by atoms with Crippen LogP contribution in [0.5, 0.6) is 23.0 Å². The Hall–Kier alpha value is -9.38. The van der Waals surface area contributed by atoms with Crippen LogP contribution in [-0.2, 0) is 40.8 Å². The molecule has 0 aromatic heterocycles. The number of halogens is 5. The van der Waals surface area contributed by atoms with Crippen LogP contribution in [0.15, 0.2) is 333 Å². The van der Waals surface area contributed by atoms with E-state index in [0.717, 1.165) is 98.2 Å². The van der Waals surface area contributed by atoms with Crippen molar-refractivity contribution in [2.75, 3.05) is 13.6 Å². The zero-order valence-electron chi connectivity index (χ0n) is 65.0. The lowest BCUT2D eigenvalue weighted by atomic mass is 9.87. The quantitative estimate of drug-likeness (QED) is 0.0412. The van der Waals surface area contributed by atoms with Crippen molar-refractivity contribution in [3.05, 3.63) is 400 Å². The molecule has 0 saturated heterocycles. The third kappa shape index (κ3) is 28.3. The van der Waals surface area contributed by atoms with Crippen molar-refractivity contribution < 1.29 is 38.4 Å². The molecule has 15 heteroatoms. The molecule has 0 bridgehead atoms. The van der Waals surface area contributed by atoms with Gasteiger partial charge in [-0.2, -0.15) is 0 Å². The SMILES string of the molecule is CC(C)N(C(=O)CC(c1ccccc1)c1cc(Br)ccc1OCc1ccccc1)C(C)C.CC(C)N(C)CCC(c1ccccc1)c1cc(Br)ccc1OCc1ccccc1.O=C(Cl)CC(c1ccccc1)c1cc(Br)ccc1OCc1ccccc1.O=C(O)CC(c1ccccc1)c1cc(Br)ccc1OCc1ccccc1.